The van der Waals surface area contributed by atoms with Gasteiger partial charge in [-0.3, -0.25) is 9.78 Å². The number of halogens is 1. The molecule has 3 aromatic rings. The minimum Gasteiger partial charge on any atom is -0.394 e. The number of carbonyl (C=O) groups excluding carboxylic acids is 1. The summed E-state index contributed by atoms with van der Waals surface area (Å²) < 4.78 is 14.4. The second-order valence-electron chi connectivity index (χ2n) is 6.88. The van der Waals surface area contributed by atoms with E-state index in [1.54, 1.807) is 29.4 Å². The molecule has 1 saturated heterocycles. The number of nitrogens with zero attached hydrogens (tertiary/aromatic N) is 2. The van der Waals surface area contributed by atoms with Crippen molar-refractivity contribution < 1.29 is 14.3 Å². The monoisotopic (exact) mass is 368 g/mol. The number of aryl methyl sites for hydroxylation is 1. The highest BCUT2D eigenvalue weighted by molar-refractivity contribution is 6.09. The average molecular weight is 368 g/mol. The number of aromatic nitrogens is 2. The Bertz CT molecular complexity index is 1000. The molecule has 7 heteroatoms. The fraction of sp³-hybridized carbons (Fsp3) is 0.300. The predicted molar refractivity (Wildman–Crippen MR) is 102 cm³/mol. The molecule has 6 nitrogen and oxygen atoms in total. The van der Waals surface area contributed by atoms with E-state index in [9.17, 15) is 14.3 Å². The Labute approximate surface area is 156 Å². The molecule has 140 valence electrons. The van der Waals surface area contributed by atoms with Crippen LogP contribution in [-0.4, -0.2) is 45.1 Å². The smallest absolute Gasteiger partial charge is 0.272 e. The van der Waals surface area contributed by atoms with Crippen molar-refractivity contribution in [3.63, 3.8) is 0 Å². The number of pyridine rings is 1. The number of fused-ring (bicyclic) bond motifs is 1. The highest BCUT2D eigenvalue weighted by Gasteiger charge is 2.31. The number of anilines is 2. The number of carbonyl (C=O) groups is 1. The SMILES string of the molecule is Cc1ccc(Nc2c(C(=O)N3CCCC3CO)[nH]c3ccncc23)c(F)c1. The van der Waals surface area contributed by atoms with Crippen LogP contribution in [0.1, 0.15) is 28.9 Å². The maximum atomic E-state index is 14.4. The molecule has 0 bridgehead atoms. The van der Waals surface area contributed by atoms with Crippen LogP contribution in [0.3, 0.4) is 0 Å². The first-order chi connectivity index (χ1) is 13.1. The molecule has 27 heavy (non-hydrogen) atoms. The van der Waals surface area contributed by atoms with Gasteiger partial charge in [0, 0.05) is 24.3 Å². The summed E-state index contributed by atoms with van der Waals surface area (Å²) in [6, 6.07) is 6.49. The molecule has 0 saturated carbocycles. The molecule has 3 heterocycles. The van der Waals surface area contributed by atoms with Crippen LogP contribution in [0.2, 0.25) is 0 Å². The number of aliphatic hydroxyl groups is 1. The molecule has 1 fully saturated rings. The zero-order chi connectivity index (χ0) is 19.0. The first-order valence-corrected chi connectivity index (χ1v) is 8.99. The Hall–Kier alpha value is -2.93. The van der Waals surface area contributed by atoms with E-state index in [1.165, 1.54) is 6.07 Å². The molecule has 1 aliphatic rings. The summed E-state index contributed by atoms with van der Waals surface area (Å²) in [4.78, 5) is 22.1. The van der Waals surface area contributed by atoms with Crippen molar-refractivity contribution in [1.29, 1.82) is 0 Å². The number of rotatable bonds is 4. The second kappa shape index (κ2) is 7.00. The van der Waals surface area contributed by atoms with Crippen LogP contribution in [0, 0.1) is 12.7 Å². The lowest BCUT2D eigenvalue weighted by Crippen LogP contribution is -2.38. The lowest BCUT2D eigenvalue weighted by Gasteiger charge is -2.23. The maximum Gasteiger partial charge on any atom is 0.272 e. The molecule has 1 aliphatic heterocycles. The number of hydrogen-bond acceptors (Lipinski definition) is 4. The number of aliphatic hydroxyl groups excluding tert-OH is 1. The quantitative estimate of drug-likeness (QED) is 0.660. The minimum absolute atomic E-state index is 0.0666. The zero-order valence-electron chi connectivity index (χ0n) is 15.0. The predicted octanol–water partition coefficient (Wildman–Crippen LogP) is 3.35. The van der Waals surface area contributed by atoms with Gasteiger partial charge in [-0.15, -0.1) is 0 Å². The fourth-order valence-electron chi connectivity index (χ4n) is 3.62. The maximum absolute atomic E-state index is 14.4. The highest BCUT2D eigenvalue weighted by Crippen LogP contribution is 2.33. The van der Waals surface area contributed by atoms with Gasteiger partial charge in [-0.2, -0.15) is 0 Å². The molecule has 1 amide bonds. The topological polar surface area (TPSA) is 81.3 Å². The van der Waals surface area contributed by atoms with Crippen LogP contribution in [0.4, 0.5) is 15.8 Å². The third-order valence-corrected chi connectivity index (χ3v) is 5.05. The Morgan fingerprint density at radius 2 is 2.30 bits per heavy atom. The Morgan fingerprint density at radius 3 is 3.07 bits per heavy atom. The van der Waals surface area contributed by atoms with Crippen LogP contribution < -0.4 is 5.32 Å². The minimum atomic E-state index is -0.388. The summed E-state index contributed by atoms with van der Waals surface area (Å²) in [5.41, 5.74) is 2.69. The molecule has 0 spiro atoms. The van der Waals surface area contributed by atoms with E-state index in [2.05, 4.69) is 15.3 Å². The fourth-order valence-corrected chi connectivity index (χ4v) is 3.62. The van der Waals surface area contributed by atoms with Gasteiger partial charge in [0.25, 0.3) is 5.91 Å². The van der Waals surface area contributed by atoms with Crippen molar-refractivity contribution in [2.45, 2.75) is 25.8 Å². The molecule has 2 aromatic heterocycles. The molecular weight excluding hydrogens is 347 g/mol. The lowest BCUT2D eigenvalue weighted by atomic mass is 10.2. The van der Waals surface area contributed by atoms with E-state index in [1.807, 2.05) is 13.0 Å². The molecule has 1 aromatic carbocycles. The van der Waals surface area contributed by atoms with Crippen molar-refractivity contribution in [1.82, 2.24) is 14.9 Å². The molecule has 1 atom stereocenters. The van der Waals surface area contributed by atoms with Crippen LogP contribution in [-0.2, 0) is 0 Å². The van der Waals surface area contributed by atoms with Gasteiger partial charge in [0.2, 0.25) is 0 Å². The van der Waals surface area contributed by atoms with Crippen molar-refractivity contribution in [2.24, 2.45) is 0 Å². The van der Waals surface area contributed by atoms with Crippen LogP contribution in [0.15, 0.2) is 36.7 Å². The van der Waals surface area contributed by atoms with Gasteiger partial charge < -0.3 is 20.3 Å². The van der Waals surface area contributed by atoms with Crippen LogP contribution in [0.25, 0.3) is 10.9 Å². The van der Waals surface area contributed by atoms with Gasteiger partial charge in [-0.25, -0.2) is 4.39 Å². The van der Waals surface area contributed by atoms with Gasteiger partial charge in [-0.05, 0) is 43.5 Å². The number of aromatic amines is 1. The number of hydrogen-bond donors (Lipinski definition) is 3. The van der Waals surface area contributed by atoms with Crippen molar-refractivity contribution in [3.8, 4) is 0 Å². The second-order valence-corrected chi connectivity index (χ2v) is 6.88. The van der Waals surface area contributed by atoms with E-state index in [4.69, 9.17) is 0 Å². The van der Waals surface area contributed by atoms with Crippen LogP contribution >= 0.6 is 0 Å². The number of benzene rings is 1. The summed E-state index contributed by atoms with van der Waals surface area (Å²) in [5.74, 6) is -0.598. The lowest BCUT2D eigenvalue weighted by molar-refractivity contribution is 0.0673. The summed E-state index contributed by atoms with van der Waals surface area (Å²) in [6.07, 6.45) is 4.91. The number of amides is 1. The third-order valence-electron chi connectivity index (χ3n) is 5.05. The van der Waals surface area contributed by atoms with E-state index < -0.39 is 0 Å². The van der Waals surface area contributed by atoms with E-state index >= 15 is 0 Å². The summed E-state index contributed by atoms with van der Waals surface area (Å²) in [7, 11) is 0. The molecule has 4 rings (SSSR count). The summed E-state index contributed by atoms with van der Waals surface area (Å²) in [5, 5.41) is 13.3. The normalized spacial score (nSPS) is 16.9. The van der Waals surface area contributed by atoms with E-state index in [-0.39, 0.29) is 24.4 Å². The number of nitrogens with one attached hydrogen (secondary N) is 2. The van der Waals surface area contributed by atoms with Gasteiger partial charge in [0.05, 0.1) is 29.5 Å². The Kier molecular flexibility index (Phi) is 4.53. The van der Waals surface area contributed by atoms with Crippen molar-refractivity contribution >= 4 is 28.2 Å². The van der Waals surface area contributed by atoms with Gasteiger partial charge in [0.1, 0.15) is 11.5 Å². The molecule has 0 radical (unpaired) electrons. The number of likely N-dealkylation sites (tertiary alicyclic amines) is 1. The average Bonchev–Trinajstić information content (AvgIpc) is 3.28. The first-order valence-electron chi connectivity index (χ1n) is 8.99. The molecule has 0 aliphatic carbocycles. The number of H-pyrrole nitrogens is 1. The molecular formula is C20H21FN4O2. The first kappa shape index (κ1) is 17.5. The van der Waals surface area contributed by atoms with E-state index in [0.717, 1.165) is 23.9 Å². The standard InChI is InChI=1S/C20H21FN4O2/c1-12-4-5-17(15(21)9-12)24-18-14-10-22-7-6-16(14)23-19(18)20(27)25-8-2-3-13(25)11-26/h4-7,9-10,13,23-24,26H,2-3,8,11H2,1H3. The summed E-state index contributed by atoms with van der Waals surface area (Å²) in [6.45, 7) is 2.35. The van der Waals surface area contributed by atoms with Gasteiger partial charge in [0.15, 0.2) is 0 Å². The zero-order valence-corrected chi connectivity index (χ0v) is 15.0. The Balaban J connectivity index is 1.78. The highest BCUT2D eigenvalue weighted by atomic mass is 19.1. The Morgan fingerprint density at radius 1 is 1.44 bits per heavy atom. The summed E-state index contributed by atoms with van der Waals surface area (Å²) >= 11 is 0. The van der Waals surface area contributed by atoms with Crippen LogP contribution in [0.5, 0.6) is 0 Å². The molecule has 3 N–H and O–H groups in total. The van der Waals surface area contributed by atoms with Gasteiger partial charge >= 0.3 is 0 Å². The largest absolute Gasteiger partial charge is 0.394 e. The van der Waals surface area contributed by atoms with Gasteiger partial charge in [-0.1, -0.05) is 6.07 Å². The third kappa shape index (κ3) is 3.14. The van der Waals surface area contributed by atoms with Crippen molar-refractivity contribution in [2.75, 3.05) is 18.5 Å². The van der Waals surface area contributed by atoms with E-state index in [0.29, 0.717) is 29.0 Å². The van der Waals surface area contributed by atoms with Crippen molar-refractivity contribution in [3.05, 3.63) is 53.7 Å². The molecule has 1 unspecified atom stereocenters.